The lowest BCUT2D eigenvalue weighted by Crippen LogP contribution is -2.50. The highest BCUT2D eigenvalue weighted by Gasteiger charge is 2.26. The molecule has 0 radical (unpaired) electrons. The number of carbonyl (C=O) groups excluding carboxylic acids is 1. The van der Waals surface area contributed by atoms with E-state index in [0.29, 0.717) is 25.4 Å². The zero-order chi connectivity index (χ0) is 24.1. The second kappa shape index (κ2) is 10.7. The number of aryl methyl sites for hydroxylation is 1. The summed E-state index contributed by atoms with van der Waals surface area (Å²) in [5.74, 6) is 2.43. The van der Waals surface area contributed by atoms with Crippen LogP contribution in [0.1, 0.15) is 57.3 Å². The summed E-state index contributed by atoms with van der Waals surface area (Å²) in [5, 5.41) is 11.0. The predicted molar refractivity (Wildman–Crippen MR) is 129 cm³/mol. The van der Waals surface area contributed by atoms with Crippen LogP contribution in [-0.2, 0) is 24.1 Å². The van der Waals surface area contributed by atoms with Gasteiger partial charge in [-0.15, -0.1) is 0 Å². The van der Waals surface area contributed by atoms with E-state index < -0.39 is 0 Å². The Morgan fingerprint density at radius 1 is 1.06 bits per heavy atom. The van der Waals surface area contributed by atoms with Crippen molar-refractivity contribution in [2.24, 2.45) is 11.8 Å². The fourth-order valence-corrected chi connectivity index (χ4v) is 4.20. The number of nitro groups is 1. The number of rotatable bonds is 8. The van der Waals surface area contributed by atoms with E-state index in [1.807, 2.05) is 30.9 Å². The molecule has 0 bridgehead atoms. The van der Waals surface area contributed by atoms with Crippen molar-refractivity contribution in [1.29, 1.82) is 0 Å². The monoisotopic (exact) mass is 453 g/mol. The van der Waals surface area contributed by atoms with E-state index in [4.69, 9.17) is 9.97 Å². The standard InChI is InChI=1S/C25H35N5O3/c1-6-22-21(16-19-7-9-20(10-8-19)30(32)33)24(27-23(26-22)15-17(2)3)28-11-13-29(14-12-28)25(31)18(4)5/h7-10,17-18H,6,11-16H2,1-5H3. The fourth-order valence-electron chi connectivity index (χ4n) is 4.20. The van der Waals surface area contributed by atoms with Crippen molar-refractivity contribution in [1.82, 2.24) is 14.9 Å². The molecule has 3 rings (SSSR count). The number of hydrogen-bond donors (Lipinski definition) is 0. The van der Waals surface area contributed by atoms with Gasteiger partial charge in [-0.3, -0.25) is 14.9 Å². The van der Waals surface area contributed by atoms with Crippen LogP contribution in [0.15, 0.2) is 24.3 Å². The van der Waals surface area contributed by atoms with Crippen molar-refractivity contribution in [2.75, 3.05) is 31.1 Å². The van der Waals surface area contributed by atoms with E-state index >= 15 is 0 Å². The van der Waals surface area contributed by atoms with Crippen LogP contribution in [0, 0.1) is 22.0 Å². The SMILES string of the molecule is CCc1nc(CC(C)C)nc(N2CCN(C(=O)C(C)C)CC2)c1Cc1ccc([N+](=O)[O-])cc1. The molecule has 0 unspecified atom stereocenters. The fraction of sp³-hybridized carbons (Fsp3) is 0.560. The molecule has 2 heterocycles. The first-order valence-electron chi connectivity index (χ1n) is 11.8. The number of benzene rings is 1. The van der Waals surface area contributed by atoms with Gasteiger partial charge < -0.3 is 9.80 Å². The average molecular weight is 454 g/mol. The lowest BCUT2D eigenvalue weighted by Gasteiger charge is -2.37. The summed E-state index contributed by atoms with van der Waals surface area (Å²) in [6, 6.07) is 6.71. The van der Waals surface area contributed by atoms with Crippen LogP contribution < -0.4 is 4.90 Å². The molecular formula is C25H35N5O3. The number of hydrogen-bond acceptors (Lipinski definition) is 6. The Balaban J connectivity index is 1.94. The number of carbonyl (C=O) groups is 1. The first kappa shape index (κ1) is 24.6. The number of aromatic nitrogens is 2. The Hall–Kier alpha value is -3.03. The van der Waals surface area contributed by atoms with E-state index in [1.165, 1.54) is 0 Å². The number of non-ortho nitro benzene ring substituents is 1. The Morgan fingerprint density at radius 3 is 2.21 bits per heavy atom. The van der Waals surface area contributed by atoms with Crippen LogP contribution in [0.3, 0.4) is 0 Å². The smallest absolute Gasteiger partial charge is 0.269 e. The highest BCUT2D eigenvalue weighted by molar-refractivity contribution is 5.78. The van der Waals surface area contributed by atoms with E-state index in [-0.39, 0.29) is 22.4 Å². The van der Waals surface area contributed by atoms with Crippen molar-refractivity contribution in [2.45, 2.75) is 53.9 Å². The van der Waals surface area contributed by atoms with Crippen molar-refractivity contribution in [3.8, 4) is 0 Å². The minimum absolute atomic E-state index is 0.00219. The summed E-state index contributed by atoms with van der Waals surface area (Å²) in [6.45, 7) is 13.1. The van der Waals surface area contributed by atoms with Crippen LogP contribution in [0.5, 0.6) is 0 Å². The Kier molecular flexibility index (Phi) is 8.00. The predicted octanol–water partition coefficient (Wildman–Crippen LogP) is 4.04. The Morgan fingerprint density at radius 2 is 1.70 bits per heavy atom. The summed E-state index contributed by atoms with van der Waals surface area (Å²) in [6.07, 6.45) is 2.21. The van der Waals surface area contributed by atoms with E-state index in [0.717, 1.165) is 54.4 Å². The molecule has 1 aromatic heterocycles. The van der Waals surface area contributed by atoms with Gasteiger partial charge in [-0.2, -0.15) is 0 Å². The van der Waals surface area contributed by atoms with Crippen LogP contribution >= 0.6 is 0 Å². The molecule has 0 atom stereocenters. The third-order valence-electron chi connectivity index (χ3n) is 5.96. The average Bonchev–Trinajstić information content (AvgIpc) is 2.79. The molecule has 1 amide bonds. The topological polar surface area (TPSA) is 92.5 Å². The molecule has 1 saturated heterocycles. The maximum absolute atomic E-state index is 12.4. The van der Waals surface area contributed by atoms with Gasteiger partial charge in [0.2, 0.25) is 5.91 Å². The molecule has 0 saturated carbocycles. The van der Waals surface area contributed by atoms with Crippen LogP contribution in [0.2, 0.25) is 0 Å². The van der Waals surface area contributed by atoms with E-state index in [1.54, 1.807) is 12.1 Å². The summed E-state index contributed by atoms with van der Waals surface area (Å²) in [5.41, 5.74) is 3.17. The third-order valence-corrected chi connectivity index (χ3v) is 5.96. The lowest BCUT2D eigenvalue weighted by molar-refractivity contribution is -0.384. The maximum Gasteiger partial charge on any atom is 0.269 e. The molecule has 0 spiro atoms. The van der Waals surface area contributed by atoms with Crippen LogP contribution in [-0.4, -0.2) is 51.9 Å². The Bertz CT molecular complexity index is 980. The molecule has 0 N–H and O–H groups in total. The first-order chi connectivity index (χ1) is 15.7. The number of anilines is 1. The van der Waals surface area contributed by atoms with E-state index in [9.17, 15) is 14.9 Å². The summed E-state index contributed by atoms with van der Waals surface area (Å²) >= 11 is 0. The normalized spacial score (nSPS) is 14.3. The first-order valence-corrected chi connectivity index (χ1v) is 11.8. The molecule has 33 heavy (non-hydrogen) atoms. The van der Waals surface area contributed by atoms with Gasteiger partial charge in [-0.1, -0.05) is 46.8 Å². The minimum atomic E-state index is -0.381. The Labute approximate surface area is 196 Å². The minimum Gasteiger partial charge on any atom is -0.353 e. The van der Waals surface area contributed by atoms with Crippen molar-refractivity contribution in [3.63, 3.8) is 0 Å². The maximum atomic E-state index is 12.4. The molecule has 1 aliphatic heterocycles. The molecule has 8 nitrogen and oxygen atoms in total. The highest BCUT2D eigenvalue weighted by Crippen LogP contribution is 2.27. The van der Waals surface area contributed by atoms with Gasteiger partial charge in [0.25, 0.3) is 5.69 Å². The van der Waals surface area contributed by atoms with Crippen molar-refractivity contribution in [3.05, 3.63) is 57.0 Å². The zero-order valence-electron chi connectivity index (χ0n) is 20.4. The molecule has 0 aliphatic carbocycles. The summed E-state index contributed by atoms with van der Waals surface area (Å²) < 4.78 is 0. The highest BCUT2D eigenvalue weighted by atomic mass is 16.6. The molecule has 1 fully saturated rings. The largest absolute Gasteiger partial charge is 0.353 e. The van der Waals surface area contributed by atoms with Crippen molar-refractivity contribution >= 4 is 17.4 Å². The second-order valence-electron chi connectivity index (χ2n) is 9.41. The number of nitrogens with zero attached hydrogens (tertiary/aromatic N) is 5. The number of piperazine rings is 1. The van der Waals surface area contributed by atoms with Gasteiger partial charge in [0.05, 0.1) is 4.92 Å². The molecule has 2 aromatic rings. The van der Waals surface area contributed by atoms with E-state index in [2.05, 4.69) is 25.7 Å². The second-order valence-corrected chi connectivity index (χ2v) is 9.41. The van der Waals surface area contributed by atoms with Gasteiger partial charge in [0.15, 0.2) is 0 Å². The quantitative estimate of drug-likeness (QED) is 0.442. The van der Waals surface area contributed by atoms with Gasteiger partial charge in [0.1, 0.15) is 11.6 Å². The van der Waals surface area contributed by atoms with Gasteiger partial charge in [-0.25, -0.2) is 9.97 Å². The third kappa shape index (κ3) is 6.06. The molecule has 8 heteroatoms. The summed E-state index contributed by atoms with van der Waals surface area (Å²) in [7, 11) is 0. The molecule has 1 aromatic carbocycles. The van der Waals surface area contributed by atoms with Gasteiger partial charge in [-0.05, 0) is 17.9 Å². The van der Waals surface area contributed by atoms with Crippen molar-refractivity contribution < 1.29 is 9.72 Å². The zero-order valence-corrected chi connectivity index (χ0v) is 20.4. The summed E-state index contributed by atoms with van der Waals surface area (Å²) in [4.78, 5) is 37.2. The van der Waals surface area contributed by atoms with Crippen LogP contribution in [0.25, 0.3) is 0 Å². The number of nitro benzene ring substituents is 1. The van der Waals surface area contributed by atoms with Crippen LogP contribution in [0.4, 0.5) is 11.5 Å². The molecular weight excluding hydrogens is 418 g/mol. The molecule has 178 valence electrons. The molecule has 1 aliphatic rings. The lowest BCUT2D eigenvalue weighted by atomic mass is 10.0. The van der Waals surface area contributed by atoms with Gasteiger partial charge >= 0.3 is 0 Å². The van der Waals surface area contributed by atoms with Gasteiger partial charge in [0, 0.05) is 68.3 Å². The number of amides is 1.